The van der Waals surface area contributed by atoms with Crippen LogP contribution in [-0.2, 0) is 9.59 Å². The molecule has 0 aliphatic carbocycles. The minimum Gasteiger partial charge on any atom is -0.368 e. The number of carbonyl (C=O) groups is 2. The number of hydrogen-bond acceptors (Lipinski definition) is 4. The lowest BCUT2D eigenvalue weighted by Crippen LogP contribution is -2.40. The maximum atomic E-state index is 13.1. The quantitative estimate of drug-likeness (QED) is 0.792. The zero-order valence-corrected chi connectivity index (χ0v) is 14.8. The molecule has 0 saturated heterocycles. The summed E-state index contributed by atoms with van der Waals surface area (Å²) in [6.07, 6.45) is 2.02. The van der Waals surface area contributed by atoms with Crippen molar-refractivity contribution in [3.8, 4) is 0 Å². The average Bonchev–Trinajstić information content (AvgIpc) is 2.99. The van der Waals surface area contributed by atoms with Gasteiger partial charge in [0.05, 0.1) is 5.69 Å². The number of nitrogens with two attached hydrogens (primary N) is 1. The highest BCUT2D eigenvalue weighted by molar-refractivity contribution is 6.40. The van der Waals surface area contributed by atoms with Crippen LogP contribution in [0, 0.1) is 11.7 Å². The van der Waals surface area contributed by atoms with Crippen LogP contribution < -0.4 is 16.1 Å². The van der Waals surface area contributed by atoms with Gasteiger partial charge in [0.2, 0.25) is 5.91 Å². The number of hydrazone groups is 1. The third-order valence-electron chi connectivity index (χ3n) is 4.15. The van der Waals surface area contributed by atoms with Crippen LogP contribution >= 0.6 is 0 Å². The highest BCUT2D eigenvalue weighted by Gasteiger charge is 2.35. The van der Waals surface area contributed by atoms with Crippen LogP contribution in [0.5, 0.6) is 0 Å². The number of primary amides is 1. The summed E-state index contributed by atoms with van der Waals surface area (Å²) in [6.45, 7) is 6.21. The van der Waals surface area contributed by atoms with E-state index in [0.29, 0.717) is 11.6 Å². The number of halogens is 1. The maximum Gasteiger partial charge on any atom is 0.267 e. The predicted octanol–water partition coefficient (Wildman–Crippen LogP) is 2.19. The van der Waals surface area contributed by atoms with Crippen molar-refractivity contribution in [2.24, 2.45) is 16.8 Å². The molecule has 136 valence electrons. The Morgan fingerprint density at radius 2 is 1.92 bits per heavy atom. The van der Waals surface area contributed by atoms with Gasteiger partial charge in [-0.3, -0.25) is 14.6 Å². The zero-order chi connectivity index (χ0) is 18.6. The minimum absolute atomic E-state index is 0.0181. The first kappa shape index (κ1) is 18.9. The van der Waals surface area contributed by atoms with Gasteiger partial charge in [-0.2, -0.15) is 5.10 Å². The molecule has 1 aliphatic rings. The Balaban J connectivity index is 2.10. The second-order valence-corrected chi connectivity index (χ2v) is 6.84. The van der Waals surface area contributed by atoms with E-state index in [1.165, 1.54) is 29.3 Å². The fourth-order valence-electron chi connectivity index (χ4n) is 2.66. The van der Waals surface area contributed by atoms with Gasteiger partial charge >= 0.3 is 0 Å². The third-order valence-corrected chi connectivity index (χ3v) is 4.15. The van der Waals surface area contributed by atoms with Gasteiger partial charge < -0.3 is 11.1 Å². The van der Waals surface area contributed by atoms with Crippen molar-refractivity contribution in [1.29, 1.82) is 0 Å². The zero-order valence-electron chi connectivity index (χ0n) is 14.8. The molecule has 2 atom stereocenters. The number of benzene rings is 1. The Morgan fingerprint density at radius 1 is 1.28 bits per heavy atom. The number of rotatable bonds is 7. The van der Waals surface area contributed by atoms with Crippen LogP contribution in [0.1, 0.15) is 40.0 Å². The molecule has 1 aromatic rings. The normalized spacial score (nSPS) is 18.2. The van der Waals surface area contributed by atoms with Gasteiger partial charge in [-0.15, -0.1) is 0 Å². The largest absolute Gasteiger partial charge is 0.368 e. The summed E-state index contributed by atoms with van der Waals surface area (Å²) >= 11 is 0. The van der Waals surface area contributed by atoms with Crippen molar-refractivity contribution in [3.05, 3.63) is 30.1 Å². The molecule has 2 amide bonds. The Bertz CT molecular complexity index is 658. The van der Waals surface area contributed by atoms with Crippen molar-refractivity contribution in [2.45, 2.75) is 52.1 Å². The number of carbonyl (C=O) groups excluding carboxylic acids is 2. The summed E-state index contributed by atoms with van der Waals surface area (Å²) in [4.78, 5) is 24.1. The highest BCUT2D eigenvalue weighted by Crippen LogP contribution is 2.25. The summed E-state index contributed by atoms with van der Waals surface area (Å²) in [5, 5.41) is 8.55. The monoisotopic (exact) mass is 348 g/mol. The van der Waals surface area contributed by atoms with Crippen LogP contribution in [0.2, 0.25) is 0 Å². The van der Waals surface area contributed by atoms with Gasteiger partial charge in [-0.1, -0.05) is 13.8 Å². The summed E-state index contributed by atoms with van der Waals surface area (Å²) in [6, 6.07) is 4.81. The standard InChI is InChI=1S/C18H25FN4O2/c1-11(2)4-5-12(3)21-18(25)15-10-16(17(20)24)23(22-15)14-8-6-13(19)7-9-14/h6-9,11-12,16H,4-5,10H2,1-3H3,(H2,20,24)(H,21,25)/t12-,16+/m0/s1. The molecule has 0 spiro atoms. The number of hydrogen-bond donors (Lipinski definition) is 2. The van der Waals surface area contributed by atoms with Crippen LogP contribution in [0.3, 0.4) is 0 Å². The molecule has 1 aromatic carbocycles. The van der Waals surface area contributed by atoms with E-state index in [-0.39, 0.29) is 29.9 Å². The molecule has 0 unspecified atom stereocenters. The molecule has 0 radical (unpaired) electrons. The molecular formula is C18H25FN4O2. The van der Waals surface area contributed by atoms with Gasteiger partial charge in [0.15, 0.2) is 0 Å². The van der Waals surface area contributed by atoms with Crippen molar-refractivity contribution in [3.63, 3.8) is 0 Å². The SMILES string of the molecule is CC(C)CC[C@H](C)NC(=O)C1=NN(c2ccc(F)cc2)[C@@H](C(N)=O)C1. The maximum absolute atomic E-state index is 13.1. The van der Waals surface area contributed by atoms with Crippen LogP contribution in [0.15, 0.2) is 29.4 Å². The van der Waals surface area contributed by atoms with Gasteiger partial charge in [0.25, 0.3) is 5.91 Å². The Labute approximate surface area is 147 Å². The lowest BCUT2D eigenvalue weighted by atomic mass is 10.0. The predicted molar refractivity (Wildman–Crippen MR) is 95.6 cm³/mol. The number of nitrogens with one attached hydrogen (secondary N) is 1. The molecular weight excluding hydrogens is 323 g/mol. The number of amides is 2. The van der Waals surface area contributed by atoms with Crippen LogP contribution in [0.4, 0.5) is 10.1 Å². The third kappa shape index (κ3) is 5.01. The topological polar surface area (TPSA) is 87.8 Å². The van der Waals surface area contributed by atoms with Gasteiger partial charge in [-0.05, 0) is 49.9 Å². The second-order valence-electron chi connectivity index (χ2n) is 6.84. The lowest BCUT2D eigenvalue weighted by Gasteiger charge is -2.20. The average molecular weight is 348 g/mol. The van der Waals surface area contributed by atoms with E-state index in [2.05, 4.69) is 24.3 Å². The first-order valence-electron chi connectivity index (χ1n) is 8.50. The smallest absolute Gasteiger partial charge is 0.267 e. The molecule has 0 saturated carbocycles. The molecule has 0 bridgehead atoms. The Kier molecular flexibility index (Phi) is 6.12. The minimum atomic E-state index is -0.753. The molecule has 6 nitrogen and oxygen atoms in total. The van der Waals surface area contributed by atoms with Gasteiger partial charge in [-0.25, -0.2) is 4.39 Å². The number of nitrogens with zero attached hydrogens (tertiary/aromatic N) is 2. The van der Waals surface area contributed by atoms with E-state index in [4.69, 9.17) is 5.73 Å². The summed E-state index contributed by atoms with van der Waals surface area (Å²) in [7, 11) is 0. The summed E-state index contributed by atoms with van der Waals surface area (Å²) < 4.78 is 13.1. The summed E-state index contributed by atoms with van der Waals surface area (Å²) in [5.74, 6) is -0.702. The summed E-state index contributed by atoms with van der Waals surface area (Å²) in [5.41, 5.74) is 6.21. The fraction of sp³-hybridized carbons (Fsp3) is 0.500. The van der Waals surface area contributed by atoms with Crippen molar-refractivity contribution in [1.82, 2.24) is 5.32 Å². The number of anilines is 1. The van der Waals surface area contributed by atoms with E-state index < -0.39 is 11.9 Å². The lowest BCUT2D eigenvalue weighted by molar-refractivity contribution is -0.119. The molecule has 0 aromatic heterocycles. The van der Waals surface area contributed by atoms with E-state index in [1.54, 1.807) is 0 Å². The fourth-order valence-corrected chi connectivity index (χ4v) is 2.66. The van der Waals surface area contributed by atoms with E-state index in [0.717, 1.165) is 12.8 Å². The molecule has 7 heteroatoms. The molecule has 1 heterocycles. The molecule has 2 rings (SSSR count). The molecule has 1 aliphatic heterocycles. The first-order chi connectivity index (χ1) is 11.8. The van der Waals surface area contributed by atoms with E-state index in [1.807, 2.05) is 6.92 Å². The Morgan fingerprint density at radius 3 is 2.48 bits per heavy atom. The highest BCUT2D eigenvalue weighted by atomic mass is 19.1. The molecule has 0 fully saturated rings. The van der Waals surface area contributed by atoms with Crippen molar-refractivity contribution in [2.75, 3.05) is 5.01 Å². The van der Waals surface area contributed by atoms with Crippen molar-refractivity contribution >= 4 is 23.2 Å². The van der Waals surface area contributed by atoms with Crippen LogP contribution in [-0.4, -0.2) is 29.6 Å². The van der Waals surface area contributed by atoms with Crippen molar-refractivity contribution < 1.29 is 14.0 Å². The molecule has 3 N–H and O–H groups in total. The van der Waals surface area contributed by atoms with E-state index in [9.17, 15) is 14.0 Å². The van der Waals surface area contributed by atoms with Gasteiger partial charge in [0.1, 0.15) is 17.6 Å². The molecule has 25 heavy (non-hydrogen) atoms. The van der Waals surface area contributed by atoms with Crippen LogP contribution in [0.25, 0.3) is 0 Å². The second kappa shape index (κ2) is 8.09. The first-order valence-corrected chi connectivity index (χ1v) is 8.50. The Hall–Kier alpha value is -2.44. The van der Waals surface area contributed by atoms with E-state index >= 15 is 0 Å². The van der Waals surface area contributed by atoms with Gasteiger partial charge in [0, 0.05) is 12.5 Å².